The van der Waals surface area contributed by atoms with Gasteiger partial charge in [0.15, 0.2) is 0 Å². The molecule has 0 saturated heterocycles. The summed E-state index contributed by atoms with van der Waals surface area (Å²) in [7, 11) is 0. The Hall–Kier alpha value is -2.69. The summed E-state index contributed by atoms with van der Waals surface area (Å²) in [5, 5.41) is 5.72. The lowest BCUT2D eigenvalue weighted by molar-refractivity contribution is -0.138. The van der Waals surface area contributed by atoms with Gasteiger partial charge in [-0.1, -0.05) is 51.1 Å². The van der Waals surface area contributed by atoms with Gasteiger partial charge in [0.2, 0.25) is 11.8 Å². The van der Waals surface area contributed by atoms with E-state index in [9.17, 15) is 14.0 Å². The smallest absolute Gasteiger partial charge is 0.239 e. The predicted molar refractivity (Wildman–Crippen MR) is 111 cm³/mol. The van der Waals surface area contributed by atoms with Gasteiger partial charge in [-0.2, -0.15) is 0 Å². The number of rotatable bonds is 6. The molecule has 2 N–H and O–H groups in total. The van der Waals surface area contributed by atoms with Crippen molar-refractivity contribution in [1.29, 1.82) is 0 Å². The topological polar surface area (TPSA) is 58.2 Å². The fourth-order valence-electron chi connectivity index (χ4n) is 2.82. The molecular formula is C23H29FN2O2. The van der Waals surface area contributed by atoms with Crippen LogP contribution in [0.5, 0.6) is 0 Å². The van der Waals surface area contributed by atoms with Crippen molar-refractivity contribution in [2.24, 2.45) is 5.41 Å². The van der Waals surface area contributed by atoms with Crippen LogP contribution in [-0.4, -0.2) is 18.4 Å². The van der Waals surface area contributed by atoms with E-state index in [0.717, 1.165) is 11.1 Å². The Kier molecular flexibility index (Phi) is 6.60. The van der Waals surface area contributed by atoms with Gasteiger partial charge in [0.1, 0.15) is 11.2 Å². The first kappa shape index (κ1) is 21.6. The Labute approximate surface area is 166 Å². The second kappa shape index (κ2) is 8.55. The largest absolute Gasteiger partial charge is 0.355 e. The summed E-state index contributed by atoms with van der Waals surface area (Å²) in [6.45, 7) is 9.81. The van der Waals surface area contributed by atoms with Crippen LogP contribution in [0.2, 0.25) is 0 Å². The maximum Gasteiger partial charge on any atom is 0.239 e. The molecule has 0 saturated carbocycles. The number of carbonyl (C=O) groups is 2. The van der Waals surface area contributed by atoms with E-state index in [-0.39, 0.29) is 23.0 Å². The van der Waals surface area contributed by atoms with Crippen LogP contribution < -0.4 is 10.6 Å². The molecule has 2 aromatic rings. The van der Waals surface area contributed by atoms with Crippen LogP contribution in [-0.2, 0) is 21.4 Å². The molecule has 0 heterocycles. The Balaban J connectivity index is 2.00. The molecule has 2 amide bonds. The zero-order valence-electron chi connectivity index (χ0n) is 17.2. The molecule has 0 aliphatic rings. The lowest BCUT2D eigenvalue weighted by Crippen LogP contribution is -2.45. The van der Waals surface area contributed by atoms with Crippen LogP contribution >= 0.6 is 0 Å². The van der Waals surface area contributed by atoms with Crippen molar-refractivity contribution in [1.82, 2.24) is 5.32 Å². The lowest BCUT2D eigenvalue weighted by atomic mass is 9.85. The highest BCUT2D eigenvalue weighted by molar-refractivity contribution is 6.10. The van der Waals surface area contributed by atoms with Crippen LogP contribution in [0.3, 0.4) is 0 Å². The van der Waals surface area contributed by atoms with Crippen molar-refractivity contribution in [2.45, 2.75) is 46.5 Å². The number of amides is 2. The van der Waals surface area contributed by atoms with Gasteiger partial charge >= 0.3 is 0 Å². The number of benzene rings is 2. The molecular weight excluding hydrogens is 355 g/mol. The average Bonchev–Trinajstić information content (AvgIpc) is 2.62. The molecule has 0 aromatic heterocycles. The maximum atomic E-state index is 12.9. The van der Waals surface area contributed by atoms with Crippen molar-refractivity contribution in [2.75, 3.05) is 11.9 Å². The van der Waals surface area contributed by atoms with Crippen LogP contribution in [0.4, 0.5) is 10.1 Å². The fourth-order valence-corrected chi connectivity index (χ4v) is 2.82. The number of anilines is 1. The van der Waals surface area contributed by atoms with Gasteiger partial charge in [-0.3, -0.25) is 9.59 Å². The monoisotopic (exact) mass is 384 g/mol. The Morgan fingerprint density at radius 2 is 1.50 bits per heavy atom. The van der Waals surface area contributed by atoms with Crippen molar-refractivity contribution in [3.05, 3.63) is 65.5 Å². The van der Waals surface area contributed by atoms with Gasteiger partial charge in [0.25, 0.3) is 0 Å². The number of nitrogens with one attached hydrogen (secondary N) is 2. The summed E-state index contributed by atoms with van der Waals surface area (Å²) >= 11 is 0. The van der Waals surface area contributed by atoms with E-state index in [1.807, 2.05) is 24.3 Å². The lowest BCUT2D eigenvalue weighted by Gasteiger charge is -2.26. The number of para-hydroxylation sites is 1. The summed E-state index contributed by atoms with van der Waals surface area (Å²) in [4.78, 5) is 25.4. The third-order valence-corrected chi connectivity index (χ3v) is 4.73. The first-order chi connectivity index (χ1) is 13.0. The molecule has 0 bridgehead atoms. The second-order valence-electron chi connectivity index (χ2n) is 8.51. The number of halogens is 1. The average molecular weight is 384 g/mol. The normalized spacial score (nSPS) is 11.8. The highest BCUT2D eigenvalue weighted by atomic mass is 19.1. The van der Waals surface area contributed by atoms with Crippen LogP contribution in [0, 0.1) is 11.2 Å². The third kappa shape index (κ3) is 5.41. The first-order valence-corrected chi connectivity index (χ1v) is 9.45. The van der Waals surface area contributed by atoms with E-state index < -0.39 is 5.41 Å². The van der Waals surface area contributed by atoms with Gasteiger partial charge < -0.3 is 10.6 Å². The van der Waals surface area contributed by atoms with Gasteiger partial charge in [0, 0.05) is 12.2 Å². The van der Waals surface area contributed by atoms with Crippen LogP contribution in [0.1, 0.15) is 45.7 Å². The van der Waals surface area contributed by atoms with Crippen molar-refractivity contribution in [3.63, 3.8) is 0 Å². The zero-order valence-corrected chi connectivity index (χ0v) is 17.2. The molecule has 5 heteroatoms. The molecule has 0 radical (unpaired) electrons. The van der Waals surface area contributed by atoms with Gasteiger partial charge in [0.05, 0.1) is 0 Å². The summed E-state index contributed by atoms with van der Waals surface area (Å²) in [6, 6.07) is 13.8. The number of hydrogen-bond acceptors (Lipinski definition) is 2. The van der Waals surface area contributed by atoms with Crippen molar-refractivity contribution in [3.8, 4) is 0 Å². The molecule has 0 unspecified atom stereocenters. The van der Waals surface area contributed by atoms with Crippen LogP contribution in [0.25, 0.3) is 0 Å². The number of hydrogen-bond donors (Lipinski definition) is 2. The molecule has 28 heavy (non-hydrogen) atoms. The predicted octanol–water partition coefficient (Wildman–Crippen LogP) is 4.45. The Bertz CT molecular complexity index is 836. The summed E-state index contributed by atoms with van der Waals surface area (Å²) < 4.78 is 12.9. The minimum atomic E-state index is -1.23. The molecule has 150 valence electrons. The second-order valence-corrected chi connectivity index (χ2v) is 8.51. The van der Waals surface area contributed by atoms with E-state index in [1.165, 1.54) is 12.1 Å². The molecule has 0 aliphatic heterocycles. The maximum absolute atomic E-state index is 12.9. The molecule has 2 aromatic carbocycles. The highest BCUT2D eigenvalue weighted by Gasteiger charge is 2.36. The van der Waals surface area contributed by atoms with E-state index in [2.05, 4.69) is 31.4 Å². The molecule has 0 atom stereocenters. The minimum absolute atomic E-state index is 0.133. The molecule has 0 spiro atoms. The summed E-state index contributed by atoms with van der Waals surface area (Å²) in [5.41, 5.74) is 1.28. The standard InChI is InChI=1S/C23H29FN2O2/c1-22(2,3)18-8-6-7-9-19(18)26-21(28)23(4,5)20(27)25-15-14-16-10-12-17(24)13-11-16/h6-13H,14-15H2,1-5H3,(H,25,27)(H,26,28). The SMILES string of the molecule is CC(C)(C(=O)NCCc1ccc(F)cc1)C(=O)Nc1ccccc1C(C)(C)C. The van der Waals surface area contributed by atoms with E-state index in [4.69, 9.17) is 0 Å². The third-order valence-electron chi connectivity index (χ3n) is 4.73. The molecule has 0 fully saturated rings. The highest BCUT2D eigenvalue weighted by Crippen LogP contribution is 2.30. The minimum Gasteiger partial charge on any atom is -0.355 e. The molecule has 2 rings (SSSR count). The number of carbonyl (C=O) groups excluding carboxylic acids is 2. The van der Waals surface area contributed by atoms with Crippen LogP contribution in [0.15, 0.2) is 48.5 Å². The fraction of sp³-hybridized carbons (Fsp3) is 0.391. The van der Waals surface area contributed by atoms with E-state index >= 15 is 0 Å². The van der Waals surface area contributed by atoms with Crippen molar-refractivity contribution >= 4 is 17.5 Å². The van der Waals surface area contributed by atoms with Gasteiger partial charge in [-0.05, 0) is 55.0 Å². The summed E-state index contributed by atoms with van der Waals surface area (Å²) in [6.07, 6.45) is 0.566. The molecule has 4 nitrogen and oxygen atoms in total. The quantitative estimate of drug-likeness (QED) is 0.723. The van der Waals surface area contributed by atoms with Crippen molar-refractivity contribution < 1.29 is 14.0 Å². The van der Waals surface area contributed by atoms with E-state index in [0.29, 0.717) is 18.7 Å². The first-order valence-electron chi connectivity index (χ1n) is 9.45. The Morgan fingerprint density at radius 1 is 0.893 bits per heavy atom. The summed E-state index contributed by atoms with van der Waals surface area (Å²) in [5.74, 6) is -0.995. The van der Waals surface area contributed by atoms with Gasteiger partial charge in [-0.25, -0.2) is 4.39 Å². The molecule has 0 aliphatic carbocycles. The van der Waals surface area contributed by atoms with E-state index in [1.54, 1.807) is 26.0 Å². The van der Waals surface area contributed by atoms with Gasteiger partial charge in [-0.15, -0.1) is 0 Å². The zero-order chi connectivity index (χ0) is 20.9. The Morgan fingerprint density at radius 3 is 2.11 bits per heavy atom.